The third-order valence-electron chi connectivity index (χ3n) is 7.98. The number of hydrogen-bond acceptors (Lipinski definition) is 4. The van der Waals surface area contributed by atoms with Crippen molar-refractivity contribution < 1.29 is 17.6 Å². The van der Waals surface area contributed by atoms with Crippen LogP contribution in [0.25, 0.3) is 33.7 Å². The van der Waals surface area contributed by atoms with Gasteiger partial charge in [0, 0.05) is 40.0 Å². The molecule has 2 saturated carbocycles. The number of pyridine rings is 2. The molecular weight excluding hydrogens is 480 g/mol. The van der Waals surface area contributed by atoms with E-state index >= 15 is 0 Å². The molecule has 190 valence electrons. The van der Waals surface area contributed by atoms with Gasteiger partial charge >= 0.3 is 11.4 Å². The van der Waals surface area contributed by atoms with Crippen LogP contribution in [0, 0.1) is 10.8 Å². The van der Waals surface area contributed by atoms with E-state index in [1.807, 2.05) is 0 Å². The molecule has 2 aliphatic rings. The second-order valence-corrected chi connectivity index (χ2v) is 10.8. The van der Waals surface area contributed by atoms with Gasteiger partial charge in [-0.05, 0) is 24.3 Å². The van der Waals surface area contributed by atoms with Crippen LogP contribution in [0.3, 0.4) is 0 Å². The molecule has 4 aromatic rings. The van der Waals surface area contributed by atoms with E-state index in [9.17, 15) is 27.2 Å². The summed E-state index contributed by atoms with van der Waals surface area (Å²) in [5.74, 6) is -5.61. The summed E-state index contributed by atoms with van der Waals surface area (Å²) >= 11 is 0. The highest BCUT2D eigenvalue weighted by Crippen LogP contribution is 2.61. The number of aryl methyl sites for hydroxylation is 2. The van der Waals surface area contributed by atoms with Gasteiger partial charge in [-0.3, -0.25) is 18.3 Å². The van der Waals surface area contributed by atoms with E-state index in [0.717, 1.165) is 0 Å². The van der Waals surface area contributed by atoms with Gasteiger partial charge < -0.3 is 0 Å². The van der Waals surface area contributed by atoms with E-state index in [1.165, 1.54) is 46.2 Å². The monoisotopic (exact) mass is 504 g/mol. The van der Waals surface area contributed by atoms with Gasteiger partial charge in [-0.15, -0.1) is 0 Å². The average Bonchev–Trinajstić information content (AvgIpc) is 3.44. The van der Waals surface area contributed by atoms with E-state index in [-0.39, 0.29) is 25.9 Å². The molecule has 0 N–H and O–H groups in total. The van der Waals surface area contributed by atoms with Crippen molar-refractivity contribution >= 4 is 22.3 Å². The summed E-state index contributed by atoms with van der Waals surface area (Å²) in [6.07, 6.45) is -0.541. The molecule has 0 amide bonds. The van der Waals surface area contributed by atoms with Gasteiger partial charge in [0.05, 0.1) is 33.3 Å². The van der Waals surface area contributed by atoms with Gasteiger partial charge in [0.25, 0.3) is 11.8 Å². The Bertz CT molecular complexity index is 1590. The first-order valence-corrected chi connectivity index (χ1v) is 11.6. The van der Waals surface area contributed by atoms with Crippen LogP contribution in [0.5, 0.6) is 0 Å². The Balaban J connectivity index is 1.41. The lowest BCUT2D eigenvalue weighted by atomic mass is 10.1. The van der Waals surface area contributed by atoms with E-state index in [4.69, 9.17) is 0 Å². The Kier molecular flexibility index (Phi) is 4.25. The number of hydrogen-bond donors (Lipinski definition) is 0. The second-order valence-electron chi connectivity index (χ2n) is 10.8. The SMILES string of the molecule is Cn1c(=O)n(CC2(C)CC2(F)F)c2ccc(-c3ccc4c(n3)n(C)c(=O)n4CC3(C)CC3(F)F)nc21. The molecule has 2 unspecified atom stereocenters. The minimum Gasteiger partial charge on any atom is -0.290 e. The highest BCUT2D eigenvalue weighted by molar-refractivity contribution is 5.79. The number of imidazole rings is 2. The van der Waals surface area contributed by atoms with E-state index in [2.05, 4.69) is 9.97 Å². The van der Waals surface area contributed by atoms with Crippen molar-refractivity contribution in [2.45, 2.75) is 51.6 Å². The molecule has 4 aromatic heterocycles. The predicted molar refractivity (Wildman–Crippen MR) is 124 cm³/mol. The first-order chi connectivity index (χ1) is 16.7. The predicted octanol–water partition coefficient (Wildman–Crippen LogP) is 3.54. The van der Waals surface area contributed by atoms with Crippen LogP contribution in [-0.4, -0.2) is 40.1 Å². The molecule has 0 saturated heterocycles. The maximum atomic E-state index is 13.8. The third-order valence-corrected chi connectivity index (χ3v) is 7.98. The summed E-state index contributed by atoms with van der Waals surface area (Å²) in [7, 11) is 3.06. The standard InChI is InChI=1S/C24H24F4N6O2/c1-21(9-23(21,25)26)11-33-15-7-5-13(29-17(15)31(3)19(33)35)14-6-8-16-18(30-14)32(4)20(36)34(16)12-22(2)10-24(22,27)28/h5-8H,9-12H2,1-4H3. The fourth-order valence-electron chi connectivity index (χ4n) is 5.07. The highest BCUT2D eigenvalue weighted by atomic mass is 19.3. The Morgan fingerprint density at radius 3 is 1.36 bits per heavy atom. The fourth-order valence-corrected chi connectivity index (χ4v) is 5.07. The first kappa shape index (κ1) is 23.0. The lowest BCUT2D eigenvalue weighted by molar-refractivity contribution is 0.0633. The Morgan fingerprint density at radius 1 is 0.722 bits per heavy atom. The van der Waals surface area contributed by atoms with E-state index < -0.39 is 34.1 Å². The van der Waals surface area contributed by atoms with Crippen LogP contribution in [-0.2, 0) is 27.2 Å². The van der Waals surface area contributed by atoms with Crippen molar-refractivity contribution in [2.24, 2.45) is 24.9 Å². The number of rotatable bonds is 5. The summed E-state index contributed by atoms with van der Waals surface area (Å²) in [5, 5.41) is 0. The van der Waals surface area contributed by atoms with Crippen LogP contribution >= 0.6 is 0 Å². The van der Waals surface area contributed by atoms with Crippen molar-refractivity contribution in [1.82, 2.24) is 28.2 Å². The molecule has 0 spiro atoms. The lowest BCUT2D eigenvalue weighted by Crippen LogP contribution is -2.27. The van der Waals surface area contributed by atoms with Crippen molar-refractivity contribution in [2.75, 3.05) is 0 Å². The smallest absolute Gasteiger partial charge is 0.290 e. The molecule has 4 heterocycles. The zero-order valence-electron chi connectivity index (χ0n) is 20.1. The van der Waals surface area contributed by atoms with Gasteiger partial charge in [-0.2, -0.15) is 0 Å². The molecule has 0 aliphatic heterocycles. The molecular formula is C24H24F4N6O2. The average molecular weight is 504 g/mol. The highest BCUT2D eigenvalue weighted by Gasteiger charge is 2.68. The lowest BCUT2D eigenvalue weighted by Gasteiger charge is -2.11. The van der Waals surface area contributed by atoms with Crippen molar-refractivity contribution in [3.8, 4) is 11.4 Å². The number of fused-ring (bicyclic) bond motifs is 2. The van der Waals surface area contributed by atoms with Crippen LogP contribution in [0.2, 0.25) is 0 Å². The Morgan fingerprint density at radius 2 is 1.06 bits per heavy atom. The number of aromatic nitrogens is 6. The van der Waals surface area contributed by atoms with E-state index in [1.54, 1.807) is 24.3 Å². The molecule has 6 rings (SSSR count). The van der Waals surface area contributed by atoms with Crippen molar-refractivity contribution in [3.05, 3.63) is 45.2 Å². The van der Waals surface area contributed by atoms with Crippen molar-refractivity contribution in [3.63, 3.8) is 0 Å². The quantitative estimate of drug-likeness (QED) is 0.390. The van der Waals surface area contributed by atoms with Gasteiger partial charge in [0.15, 0.2) is 11.3 Å². The maximum absolute atomic E-state index is 13.8. The molecule has 2 aliphatic carbocycles. The summed E-state index contributed by atoms with van der Waals surface area (Å²) < 4.78 is 60.5. The van der Waals surface area contributed by atoms with Gasteiger partial charge in [-0.25, -0.2) is 37.1 Å². The zero-order valence-corrected chi connectivity index (χ0v) is 20.1. The number of halogens is 4. The maximum Gasteiger partial charge on any atom is 0.330 e. The van der Waals surface area contributed by atoms with Gasteiger partial charge in [0.2, 0.25) is 0 Å². The molecule has 0 aromatic carbocycles. The summed E-state index contributed by atoms with van der Waals surface area (Å²) in [6.45, 7) is 2.69. The van der Waals surface area contributed by atoms with Crippen LogP contribution in [0.1, 0.15) is 26.7 Å². The molecule has 36 heavy (non-hydrogen) atoms. The summed E-state index contributed by atoms with van der Waals surface area (Å²) in [6, 6.07) is 6.57. The van der Waals surface area contributed by atoms with Crippen molar-refractivity contribution in [1.29, 1.82) is 0 Å². The van der Waals surface area contributed by atoms with Crippen LogP contribution in [0.15, 0.2) is 33.9 Å². The zero-order chi connectivity index (χ0) is 26.0. The topological polar surface area (TPSA) is 79.6 Å². The molecule has 0 radical (unpaired) electrons. The minimum atomic E-state index is -2.81. The van der Waals surface area contributed by atoms with E-state index in [0.29, 0.717) is 33.7 Å². The third kappa shape index (κ3) is 2.99. The number of nitrogens with zero attached hydrogens (tertiary/aromatic N) is 6. The molecule has 8 nitrogen and oxygen atoms in total. The van der Waals surface area contributed by atoms with Crippen LogP contribution in [0.4, 0.5) is 17.6 Å². The normalized spacial score (nSPS) is 26.1. The summed E-state index contributed by atoms with van der Waals surface area (Å²) in [5.41, 5.74) is -1.06. The molecule has 2 atom stereocenters. The second kappa shape index (κ2) is 6.65. The molecule has 2 fully saturated rings. The van der Waals surface area contributed by atoms with Crippen LogP contribution < -0.4 is 11.4 Å². The fraction of sp³-hybridized carbons (Fsp3) is 0.500. The van der Waals surface area contributed by atoms with Gasteiger partial charge in [-0.1, -0.05) is 13.8 Å². The van der Waals surface area contributed by atoms with Gasteiger partial charge in [0.1, 0.15) is 0 Å². The largest absolute Gasteiger partial charge is 0.330 e. The molecule has 12 heteroatoms. The minimum absolute atomic E-state index is 0.116. The summed E-state index contributed by atoms with van der Waals surface area (Å²) in [4.78, 5) is 34.7. The Hall–Kier alpha value is -3.44. The Labute approximate surface area is 201 Å². The first-order valence-electron chi connectivity index (χ1n) is 11.6. The number of alkyl halides is 4. The molecule has 0 bridgehead atoms.